The predicted molar refractivity (Wildman–Crippen MR) is 112 cm³/mol. The van der Waals surface area contributed by atoms with Gasteiger partial charge in [0.25, 0.3) is 5.56 Å². The first-order valence-corrected chi connectivity index (χ1v) is 9.05. The molecule has 2 heterocycles. The fourth-order valence-electron chi connectivity index (χ4n) is 3.53. The molecular weight excluding hydrogens is 350 g/mol. The van der Waals surface area contributed by atoms with Gasteiger partial charge in [0, 0.05) is 17.7 Å². The Bertz CT molecular complexity index is 1260. The lowest BCUT2D eigenvalue weighted by molar-refractivity contribution is 0.490. The van der Waals surface area contributed by atoms with Gasteiger partial charge in [0.1, 0.15) is 5.69 Å². The minimum atomic E-state index is -0.122. The summed E-state index contributed by atoms with van der Waals surface area (Å²) in [5.41, 5.74) is 2.27. The van der Waals surface area contributed by atoms with Crippen LogP contribution in [0, 0.1) is 0 Å². The monoisotopic (exact) mass is 367 g/mol. The van der Waals surface area contributed by atoms with Crippen molar-refractivity contribution >= 4 is 28.0 Å². The number of para-hydroxylation sites is 2. The summed E-state index contributed by atoms with van der Waals surface area (Å²) in [5, 5.41) is 7.88. The number of benzene rings is 3. The molecular formula is C23H17N3O2. The van der Waals surface area contributed by atoms with E-state index in [9.17, 15) is 4.79 Å². The lowest BCUT2D eigenvalue weighted by atomic mass is 10.1. The molecule has 5 rings (SSSR count). The maximum absolute atomic E-state index is 13.4. The highest BCUT2D eigenvalue weighted by atomic mass is 16.5. The highest BCUT2D eigenvalue weighted by Crippen LogP contribution is 2.42. The van der Waals surface area contributed by atoms with Gasteiger partial charge < -0.3 is 4.74 Å². The van der Waals surface area contributed by atoms with E-state index in [1.807, 2.05) is 89.9 Å². The van der Waals surface area contributed by atoms with E-state index in [0.717, 1.165) is 22.4 Å². The minimum Gasteiger partial charge on any atom is -0.422 e. The molecule has 0 N–H and O–H groups in total. The average molecular weight is 367 g/mol. The van der Waals surface area contributed by atoms with Crippen LogP contribution in [0.3, 0.4) is 0 Å². The van der Waals surface area contributed by atoms with Gasteiger partial charge in [0.15, 0.2) is 0 Å². The van der Waals surface area contributed by atoms with Crippen LogP contribution in [0.4, 0.5) is 11.4 Å². The van der Waals surface area contributed by atoms with Crippen LogP contribution < -0.4 is 15.3 Å². The molecule has 4 aromatic rings. The molecule has 5 heteroatoms. The molecule has 0 bridgehead atoms. The summed E-state index contributed by atoms with van der Waals surface area (Å²) >= 11 is 0. The number of aromatic nitrogens is 1. The third-order valence-corrected chi connectivity index (χ3v) is 4.73. The Hall–Kier alpha value is -3.86. The molecule has 1 aromatic heterocycles. The lowest BCUT2D eigenvalue weighted by Crippen LogP contribution is -2.29. The molecule has 0 radical (unpaired) electrons. The SMILES string of the molecule is CC1=NN(c2ccccc2)c2c(n(-c3ccccc3)c(=O)c3ccccc23)O1. The van der Waals surface area contributed by atoms with Gasteiger partial charge in [0.2, 0.25) is 11.8 Å². The van der Waals surface area contributed by atoms with E-state index < -0.39 is 0 Å². The van der Waals surface area contributed by atoms with E-state index in [1.54, 1.807) is 11.5 Å². The van der Waals surface area contributed by atoms with Crippen molar-refractivity contribution in [2.75, 3.05) is 5.01 Å². The number of ether oxygens (including phenoxy) is 1. The third kappa shape index (κ3) is 2.48. The largest absolute Gasteiger partial charge is 0.422 e. The van der Waals surface area contributed by atoms with Gasteiger partial charge in [-0.2, -0.15) is 0 Å². The normalized spacial score (nSPS) is 13.0. The zero-order valence-electron chi connectivity index (χ0n) is 15.2. The van der Waals surface area contributed by atoms with Gasteiger partial charge in [-0.1, -0.05) is 54.6 Å². The van der Waals surface area contributed by atoms with Gasteiger partial charge in [-0.25, -0.2) is 9.58 Å². The van der Waals surface area contributed by atoms with Gasteiger partial charge in [-0.3, -0.25) is 4.79 Å². The van der Waals surface area contributed by atoms with Crippen molar-refractivity contribution in [1.29, 1.82) is 0 Å². The Kier molecular flexibility index (Phi) is 3.72. The van der Waals surface area contributed by atoms with Crippen LogP contribution in [0.1, 0.15) is 6.92 Å². The number of hydrazone groups is 1. The first kappa shape index (κ1) is 16.3. The van der Waals surface area contributed by atoms with Crippen molar-refractivity contribution in [3.63, 3.8) is 0 Å². The molecule has 3 aromatic carbocycles. The van der Waals surface area contributed by atoms with Crippen molar-refractivity contribution in [3.8, 4) is 11.6 Å². The number of hydrogen-bond acceptors (Lipinski definition) is 4. The molecule has 1 aliphatic rings. The van der Waals surface area contributed by atoms with Crippen LogP contribution in [0.25, 0.3) is 16.5 Å². The van der Waals surface area contributed by atoms with Crippen molar-refractivity contribution in [2.24, 2.45) is 5.10 Å². The molecule has 0 fully saturated rings. The molecule has 0 saturated heterocycles. The Balaban J connectivity index is 1.92. The van der Waals surface area contributed by atoms with Crippen molar-refractivity contribution in [1.82, 2.24) is 4.57 Å². The van der Waals surface area contributed by atoms with E-state index in [1.165, 1.54) is 0 Å². The number of anilines is 2. The summed E-state index contributed by atoms with van der Waals surface area (Å²) in [6.45, 7) is 1.79. The van der Waals surface area contributed by atoms with Crippen LogP contribution >= 0.6 is 0 Å². The number of nitrogens with zero attached hydrogens (tertiary/aromatic N) is 3. The van der Waals surface area contributed by atoms with E-state index in [0.29, 0.717) is 17.2 Å². The zero-order chi connectivity index (χ0) is 19.1. The molecule has 0 atom stereocenters. The Morgan fingerprint density at radius 2 is 1.32 bits per heavy atom. The van der Waals surface area contributed by atoms with Crippen molar-refractivity contribution < 1.29 is 4.74 Å². The summed E-state index contributed by atoms with van der Waals surface area (Å²) in [6.07, 6.45) is 0. The van der Waals surface area contributed by atoms with Gasteiger partial charge in [-0.05, 0) is 30.3 Å². The van der Waals surface area contributed by atoms with Crippen LogP contribution in [0.2, 0.25) is 0 Å². The van der Waals surface area contributed by atoms with Crippen LogP contribution in [0.15, 0.2) is 94.8 Å². The molecule has 5 nitrogen and oxygen atoms in total. The smallest absolute Gasteiger partial charge is 0.265 e. The summed E-state index contributed by atoms with van der Waals surface area (Å²) in [4.78, 5) is 13.4. The number of fused-ring (bicyclic) bond motifs is 3. The van der Waals surface area contributed by atoms with E-state index in [-0.39, 0.29) is 5.56 Å². The molecule has 28 heavy (non-hydrogen) atoms. The Labute approximate surface area is 161 Å². The predicted octanol–water partition coefficient (Wildman–Crippen LogP) is 4.85. The topological polar surface area (TPSA) is 46.8 Å². The lowest BCUT2D eigenvalue weighted by Gasteiger charge is -2.29. The number of pyridine rings is 1. The van der Waals surface area contributed by atoms with Gasteiger partial charge in [-0.15, -0.1) is 5.10 Å². The second kappa shape index (κ2) is 6.39. The summed E-state index contributed by atoms with van der Waals surface area (Å²) in [6, 6.07) is 26.9. The Morgan fingerprint density at radius 3 is 2.00 bits per heavy atom. The van der Waals surface area contributed by atoms with Crippen LogP contribution in [-0.2, 0) is 0 Å². The highest BCUT2D eigenvalue weighted by molar-refractivity contribution is 6.01. The van der Waals surface area contributed by atoms with Crippen LogP contribution in [-0.4, -0.2) is 10.5 Å². The van der Waals surface area contributed by atoms with E-state index >= 15 is 0 Å². The van der Waals surface area contributed by atoms with E-state index in [4.69, 9.17) is 4.74 Å². The van der Waals surface area contributed by atoms with Crippen molar-refractivity contribution in [2.45, 2.75) is 6.92 Å². The molecule has 0 saturated carbocycles. The zero-order valence-corrected chi connectivity index (χ0v) is 15.2. The third-order valence-electron chi connectivity index (χ3n) is 4.73. The maximum atomic E-state index is 13.4. The maximum Gasteiger partial charge on any atom is 0.265 e. The second-order valence-corrected chi connectivity index (χ2v) is 6.54. The first-order chi connectivity index (χ1) is 13.7. The molecule has 0 spiro atoms. The summed E-state index contributed by atoms with van der Waals surface area (Å²) < 4.78 is 7.65. The average Bonchev–Trinajstić information content (AvgIpc) is 2.75. The fourth-order valence-corrected chi connectivity index (χ4v) is 3.53. The van der Waals surface area contributed by atoms with Gasteiger partial charge >= 0.3 is 0 Å². The number of hydrogen-bond donors (Lipinski definition) is 0. The molecule has 1 aliphatic heterocycles. The number of rotatable bonds is 2. The second-order valence-electron chi connectivity index (χ2n) is 6.54. The highest BCUT2D eigenvalue weighted by Gasteiger charge is 2.28. The molecule has 136 valence electrons. The summed E-state index contributed by atoms with van der Waals surface area (Å²) in [5.74, 6) is 0.932. The minimum absolute atomic E-state index is 0.122. The van der Waals surface area contributed by atoms with Crippen molar-refractivity contribution in [3.05, 3.63) is 95.3 Å². The Morgan fingerprint density at radius 1 is 0.750 bits per heavy atom. The molecule has 0 aliphatic carbocycles. The van der Waals surface area contributed by atoms with Crippen LogP contribution in [0.5, 0.6) is 5.88 Å². The fraction of sp³-hybridized carbons (Fsp3) is 0.0435. The molecule has 0 unspecified atom stereocenters. The quantitative estimate of drug-likeness (QED) is 0.509. The van der Waals surface area contributed by atoms with E-state index in [2.05, 4.69) is 5.10 Å². The standard InChI is InChI=1S/C23H17N3O2/c1-16-24-26(18-12-6-3-7-13-18)21-19-14-8-9-15-20(19)22(27)25(23(21)28-16)17-10-4-2-5-11-17/h2-15H,1H3. The first-order valence-electron chi connectivity index (χ1n) is 9.05. The molecule has 0 amide bonds. The summed E-state index contributed by atoms with van der Waals surface area (Å²) in [7, 11) is 0. The van der Waals surface area contributed by atoms with Gasteiger partial charge in [0.05, 0.1) is 11.4 Å².